The van der Waals surface area contributed by atoms with Crippen LogP contribution < -0.4 is 5.73 Å². The highest BCUT2D eigenvalue weighted by molar-refractivity contribution is 5.96. The number of hydrogen-bond acceptors (Lipinski definition) is 6. The SMILES string of the molecule is NC(=O)c1ccc2nc(-c3[nH]nc(-c4ccc(CN5CCOCC5)cc4)c3O)[nH]c2c1. The van der Waals surface area contributed by atoms with Gasteiger partial charge in [0.1, 0.15) is 11.4 Å². The molecule has 0 unspecified atom stereocenters. The molecule has 0 aliphatic carbocycles. The van der Waals surface area contributed by atoms with E-state index < -0.39 is 5.91 Å². The second-order valence-corrected chi connectivity index (χ2v) is 7.56. The minimum Gasteiger partial charge on any atom is -0.504 e. The third-order valence-corrected chi connectivity index (χ3v) is 5.48. The Kier molecular flexibility index (Phi) is 4.89. The van der Waals surface area contributed by atoms with Gasteiger partial charge in [0.2, 0.25) is 5.91 Å². The molecule has 1 aliphatic heterocycles. The predicted molar refractivity (Wildman–Crippen MR) is 115 cm³/mol. The average Bonchev–Trinajstić information content (AvgIpc) is 3.37. The number of hydrogen-bond donors (Lipinski definition) is 4. The maximum absolute atomic E-state index is 11.4. The normalized spacial score (nSPS) is 14.8. The predicted octanol–water partition coefficient (Wildman–Crippen LogP) is 2.26. The Labute approximate surface area is 177 Å². The van der Waals surface area contributed by atoms with Crippen LogP contribution in [-0.2, 0) is 11.3 Å². The van der Waals surface area contributed by atoms with Crippen LogP contribution in [0.15, 0.2) is 42.5 Å². The van der Waals surface area contributed by atoms with Crippen molar-refractivity contribution in [1.82, 2.24) is 25.1 Å². The largest absolute Gasteiger partial charge is 0.504 e. The van der Waals surface area contributed by atoms with Crippen molar-refractivity contribution in [3.8, 4) is 28.5 Å². The molecule has 1 saturated heterocycles. The first-order chi connectivity index (χ1) is 15.1. The molecule has 4 aromatic rings. The lowest BCUT2D eigenvalue weighted by Gasteiger charge is -2.26. The molecule has 0 spiro atoms. The van der Waals surface area contributed by atoms with Gasteiger partial charge in [0, 0.05) is 30.8 Å². The highest BCUT2D eigenvalue weighted by atomic mass is 16.5. The molecule has 31 heavy (non-hydrogen) atoms. The third-order valence-electron chi connectivity index (χ3n) is 5.48. The zero-order valence-electron chi connectivity index (χ0n) is 16.8. The van der Waals surface area contributed by atoms with Crippen LogP contribution in [0.3, 0.4) is 0 Å². The fourth-order valence-corrected chi connectivity index (χ4v) is 3.77. The van der Waals surface area contributed by atoms with E-state index in [1.165, 1.54) is 5.56 Å². The molecule has 9 nitrogen and oxygen atoms in total. The number of amides is 1. The molecule has 2 aromatic heterocycles. The monoisotopic (exact) mass is 418 g/mol. The number of aromatic hydroxyl groups is 1. The number of carbonyl (C=O) groups is 1. The van der Waals surface area contributed by atoms with Crippen molar-refractivity contribution >= 4 is 16.9 Å². The van der Waals surface area contributed by atoms with Gasteiger partial charge in [0.05, 0.1) is 24.2 Å². The lowest BCUT2D eigenvalue weighted by atomic mass is 10.1. The number of rotatable bonds is 5. The summed E-state index contributed by atoms with van der Waals surface area (Å²) in [5.41, 5.74) is 9.86. The second kappa shape index (κ2) is 7.86. The molecule has 5 N–H and O–H groups in total. The fourth-order valence-electron chi connectivity index (χ4n) is 3.77. The molecule has 9 heteroatoms. The zero-order chi connectivity index (χ0) is 21.4. The van der Waals surface area contributed by atoms with Gasteiger partial charge < -0.3 is 20.6 Å². The highest BCUT2D eigenvalue weighted by Gasteiger charge is 2.19. The number of nitrogens with one attached hydrogen (secondary N) is 2. The fraction of sp³-hybridized carbons (Fsp3) is 0.227. The molecule has 158 valence electrons. The van der Waals surface area contributed by atoms with Crippen LogP contribution in [0.5, 0.6) is 5.75 Å². The summed E-state index contributed by atoms with van der Waals surface area (Å²) in [5.74, 6) is -0.0753. The Bertz CT molecular complexity index is 1240. The Hall–Kier alpha value is -3.69. The quantitative estimate of drug-likeness (QED) is 0.393. The molecule has 3 heterocycles. The van der Waals surface area contributed by atoms with Crippen LogP contribution in [0.1, 0.15) is 15.9 Å². The molecule has 2 aromatic carbocycles. The van der Waals surface area contributed by atoms with Crippen molar-refractivity contribution in [3.05, 3.63) is 53.6 Å². The second-order valence-electron chi connectivity index (χ2n) is 7.56. The van der Waals surface area contributed by atoms with E-state index in [1.807, 2.05) is 24.3 Å². The van der Waals surface area contributed by atoms with E-state index in [9.17, 15) is 9.90 Å². The van der Waals surface area contributed by atoms with Crippen LogP contribution in [-0.4, -0.2) is 62.4 Å². The standard InChI is InChI=1S/C22H22N6O3/c23-21(30)15-5-6-16-17(11-15)25-22(24-16)19-20(29)18(26-27-19)14-3-1-13(2-4-14)12-28-7-9-31-10-8-28/h1-6,11,29H,7-10,12H2,(H2,23,30)(H,24,25)(H,26,27). The number of fused-ring (bicyclic) bond motifs is 1. The van der Waals surface area contributed by atoms with Gasteiger partial charge in [0.15, 0.2) is 11.6 Å². The van der Waals surface area contributed by atoms with Crippen molar-refractivity contribution in [2.45, 2.75) is 6.54 Å². The van der Waals surface area contributed by atoms with E-state index in [0.29, 0.717) is 33.8 Å². The lowest BCUT2D eigenvalue weighted by Crippen LogP contribution is -2.35. The van der Waals surface area contributed by atoms with Gasteiger partial charge in [-0.3, -0.25) is 14.8 Å². The van der Waals surface area contributed by atoms with Gasteiger partial charge >= 0.3 is 0 Å². The smallest absolute Gasteiger partial charge is 0.248 e. The highest BCUT2D eigenvalue weighted by Crippen LogP contribution is 2.35. The summed E-state index contributed by atoms with van der Waals surface area (Å²) in [6.07, 6.45) is 0. The molecule has 0 saturated carbocycles. The molecular weight excluding hydrogens is 396 g/mol. The molecule has 0 radical (unpaired) electrons. The number of carbonyl (C=O) groups excluding carboxylic acids is 1. The molecule has 1 fully saturated rings. The van der Waals surface area contributed by atoms with Gasteiger partial charge in [-0.1, -0.05) is 24.3 Å². The molecule has 0 atom stereocenters. The van der Waals surface area contributed by atoms with E-state index in [1.54, 1.807) is 18.2 Å². The number of aromatic amines is 2. The van der Waals surface area contributed by atoms with E-state index in [-0.39, 0.29) is 5.75 Å². The number of morpholine rings is 1. The topological polar surface area (TPSA) is 133 Å². The van der Waals surface area contributed by atoms with Crippen molar-refractivity contribution in [2.75, 3.05) is 26.3 Å². The number of nitrogens with zero attached hydrogens (tertiary/aromatic N) is 3. The van der Waals surface area contributed by atoms with Crippen LogP contribution in [0.4, 0.5) is 0 Å². The van der Waals surface area contributed by atoms with Crippen molar-refractivity contribution in [3.63, 3.8) is 0 Å². The molecule has 1 amide bonds. The molecule has 1 aliphatic rings. The maximum Gasteiger partial charge on any atom is 0.248 e. The molecular formula is C22H22N6O3. The summed E-state index contributed by atoms with van der Waals surface area (Å²) in [4.78, 5) is 21.3. The Balaban J connectivity index is 1.39. The maximum atomic E-state index is 11.4. The van der Waals surface area contributed by atoms with Crippen LogP contribution in [0.2, 0.25) is 0 Å². The van der Waals surface area contributed by atoms with Crippen LogP contribution in [0.25, 0.3) is 33.8 Å². The van der Waals surface area contributed by atoms with E-state index >= 15 is 0 Å². The number of ether oxygens (including phenoxy) is 1. The number of imidazole rings is 1. The molecule has 0 bridgehead atoms. The minimum absolute atomic E-state index is 0.00936. The number of H-pyrrole nitrogens is 2. The van der Waals surface area contributed by atoms with Crippen molar-refractivity contribution in [1.29, 1.82) is 0 Å². The summed E-state index contributed by atoms with van der Waals surface area (Å²) in [5, 5.41) is 17.9. The van der Waals surface area contributed by atoms with Gasteiger partial charge in [-0.15, -0.1) is 0 Å². The number of primary amides is 1. The summed E-state index contributed by atoms with van der Waals surface area (Å²) < 4.78 is 5.39. The number of aromatic nitrogens is 4. The summed E-state index contributed by atoms with van der Waals surface area (Å²) in [7, 11) is 0. The first-order valence-corrected chi connectivity index (χ1v) is 10.0. The van der Waals surface area contributed by atoms with Gasteiger partial charge in [0.25, 0.3) is 0 Å². The van der Waals surface area contributed by atoms with E-state index in [2.05, 4.69) is 25.1 Å². The van der Waals surface area contributed by atoms with Crippen molar-refractivity contribution < 1.29 is 14.6 Å². The van der Waals surface area contributed by atoms with Gasteiger partial charge in [-0.25, -0.2) is 4.98 Å². The van der Waals surface area contributed by atoms with Crippen LogP contribution >= 0.6 is 0 Å². The summed E-state index contributed by atoms with van der Waals surface area (Å²) in [6, 6.07) is 13.0. The summed E-state index contributed by atoms with van der Waals surface area (Å²) >= 11 is 0. The van der Waals surface area contributed by atoms with E-state index in [4.69, 9.17) is 10.5 Å². The van der Waals surface area contributed by atoms with Crippen molar-refractivity contribution in [2.24, 2.45) is 5.73 Å². The summed E-state index contributed by atoms with van der Waals surface area (Å²) in [6.45, 7) is 4.28. The van der Waals surface area contributed by atoms with Gasteiger partial charge in [-0.2, -0.15) is 5.10 Å². The average molecular weight is 418 g/mol. The number of benzene rings is 2. The Morgan fingerprint density at radius 1 is 1.16 bits per heavy atom. The third kappa shape index (κ3) is 3.76. The van der Waals surface area contributed by atoms with E-state index in [0.717, 1.165) is 38.4 Å². The Morgan fingerprint density at radius 3 is 2.68 bits per heavy atom. The molecule has 5 rings (SSSR count). The van der Waals surface area contributed by atoms with Gasteiger partial charge in [-0.05, 0) is 23.8 Å². The minimum atomic E-state index is -0.512. The number of nitrogens with two attached hydrogens (primary N) is 1. The van der Waals surface area contributed by atoms with Crippen LogP contribution in [0, 0.1) is 0 Å². The zero-order valence-corrected chi connectivity index (χ0v) is 16.8. The first kappa shape index (κ1) is 19.3. The lowest BCUT2D eigenvalue weighted by molar-refractivity contribution is 0.0342. The Morgan fingerprint density at radius 2 is 1.94 bits per heavy atom. The first-order valence-electron chi connectivity index (χ1n) is 10.0.